The van der Waals surface area contributed by atoms with Crippen LogP contribution in [-0.4, -0.2) is 316 Å². The summed E-state index contributed by atoms with van der Waals surface area (Å²) in [6.07, 6.45) is 0.627. The van der Waals surface area contributed by atoms with Crippen molar-refractivity contribution in [3.63, 3.8) is 0 Å². The van der Waals surface area contributed by atoms with Crippen molar-refractivity contribution in [3.8, 4) is 5.75 Å². The van der Waals surface area contributed by atoms with Crippen LogP contribution in [0.5, 0.6) is 5.75 Å². The first-order valence-corrected chi connectivity index (χ1v) is 45.0. The number of likely N-dealkylation sites (N-methyl/N-ethyl adjacent to an activating group) is 3. The average Bonchev–Trinajstić information content (AvgIpc) is 1.20. The van der Waals surface area contributed by atoms with E-state index in [4.69, 9.17) is 11.5 Å². The molecule has 15 atom stereocenters. The predicted molar refractivity (Wildman–Crippen MR) is 478 cm³/mol. The number of aromatic hydroxyl groups is 1. The number of carboxylic acid groups (broad SMARTS) is 2. The Labute approximate surface area is 763 Å². The summed E-state index contributed by atoms with van der Waals surface area (Å²) in [7, 11) is 3.88. The number of rotatable bonds is 24. The van der Waals surface area contributed by atoms with Crippen molar-refractivity contribution in [1.29, 1.82) is 0 Å². The maximum Gasteiger partial charge on any atom is 0.305 e. The highest BCUT2D eigenvalue weighted by molar-refractivity contribution is 8.00. The quantitative estimate of drug-likeness (QED) is 0.0331. The fourth-order valence-electron chi connectivity index (χ4n) is 16.1. The number of nitrogens with zero attached hydrogens (tertiary/aromatic N) is 6. The number of imidazole rings is 1. The summed E-state index contributed by atoms with van der Waals surface area (Å²) in [5, 5.41) is 57.5. The molecule has 6 aromatic rings. The minimum atomic E-state index is -1.95. The molecule has 3 aromatic carbocycles. The number of unbranched alkanes of at least 4 members (excludes halogenated alkanes) is 2. The van der Waals surface area contributed by atoms with Gasteiger partial charge in [0.15, 0.2) is 0 Å². The highest BCUT2D eigenvalue weighted by atomic mass is 32.2. The maximum absolute atomic E-state index is 16.3. The first kappa shape index (κ1) is 102. The Morgan fingerprint density at radius 1 is 0.545 bits per heavy atom. The molecule has 0 radical (unpaired) electrons. The Morgan fingerprint density at radius 3 is 1.69 bits per heavy atom. The molecule has 16 amide bonds. The van der Waals surface area contributed by atoms with Crippen molar-refractivity contribution >= 4 is 140 Å². The number of nitrogens with two attached hydrogens (primary N) is 2. The number of hydrogen-bond donors (Lipinski definition) is 18. The molecule has 42 nitrogen and oxygen atoms in total. The number of nitrogens with one attached hydrogen (secondary N) is 13. The van der Waals surface area contributed by atoms with Gasteiger partial charge >= 0.3 is 11.9 Å². The molecule has 9 rings (SSSR count). The number of alkyl halides is 1. The number of benzene rings is 3. The first-order valence-electron chi connectivity index (χ1n) is 43.8. The Hall–Kier alpha value is -13.6. The van der Waals surface area contributed by atoms with Gasteiger partial charge in [-0.1, -0.05) is 88.1 Å². The van der Waals surface area contributed by atoms with Crippen LogP contribution in [0.1, 0.15) is 134 Å². The van der Waals surface area contributed by atoms with Crippen LogP contribution in [0.15, 0.2) is 97.7 Å². The number of fused-ring (bicyclic) bond motifs is 4. The van der Waals surface area contributed by atoms with Gasteiger partial charge in [-0.05, 0) is 99.9 Å². The SMILES string of the molecule is CCCC[C@H]1C(=O)N(C)[C@@H](CCCC)C(=O)N[C@@H](C)C(=O)N[C@H](C(=O)NCC(N)=O)CSCC(=O)N[C@@H](Cc2ccc(O)cc2)C(=O)N(C)[C@@H](C)C(=O)N[C@@H](CC(=O)O)C(=O)N2CCC[C@H]2C(=O)N[C@@H](Cc2c[nH]cn2)C(=O)N[C@@H](CCC(=O)O)C(=O)N2C[C@H](F)C[C@H]2C(=O)N[C@@H](Cc2c[nH]c3ccccc23)C(=O)N[C@@H](CCN)C(=O)N[C@@H](Cc2c[nH]c3ccccc23)C(=O)N1C. The van der Waals surface area contributed by atoms with E-state index >= 15 is 33.2 Å². The fraction of sp³-hybridized carbons (Fsp3) is 0.511. The van der Waals surface area contributed by atoms with E-state index in [1.54, 1.807) is 60.9 Å². The molecule has 3 aliphatic heterocycles. The maximum atomic E-state index is 16.3. The molecule has 3 aliphatic rings. The van der Waals surface area contributed by atoms with Gasteiger partial charge < -0.3 is 119 Å². The number of primary amides is 1. The monoisotopic (exact) mass is 1860 g/mol. The number of aliphatic carboxylic acids is 2. The van der Waals surface area contributed by atoms with Gasteiger partial charge in [0.25, 0.3) is 0 Å². The van der Waals surface area contributed by atoms with Gasteiger partial charge in [-0.25, -0.2) is 9.37 Å². The van der Waals surface area contributed by atoms with Gasteiger partial charge in [-0.3, -0.25) is 86.3 Å². The third-order valence-corrected chi connectivity index (χ3v) is 24.6. The molecule has 20 N–H and O–H groups in total. The molecule has 44 heteroatoms. The van der Waals surface area contributed by atoms with E-state index in [0.29, 0.717) is 64.2 Å². The highest BCUT2D eigenvalue weighted by Crippen LogP contribution is 2.28. The van der Waals surface area contributed by atoms with Gasteiger partial charge in [0.1, 0.15) is 96.5 Å². The zero-order chi connectivity index (χ0) is 96.3. The highest BCUT2D eigenvalue weighted by Gasteiger charge is 2.47. The number of amides is 16. The van der Waals surface area contributed by atoms with Crippen molar-refractivity contribution in [2.45, 2.75) is 228 Å². The summed E-state index contributed by atoms with van der Waals surface area (Å²) < 4.78 is 16.3. The molecule has 0 aliphatic carbocycles. The topological polar surface area (TPSA) is 617 Å². The zero-order valence-electron chi connectivity index (χ0n) is 74.5. The molecule has 3 aromatic heterocycles. The van der Waals surface area contributed by atoms with Crippen LogP contribution in [0.4, 0.5) is 4.39 Å². The van der Waals surface area contributed by atoms with E-state index in [9.17, 15) is 72.9 Å². The standard InChI is InChI=1S/C88H118FN21O21S/c1-8-10-21-67-81(124)97-47(3)75(118)105-66(77(120)95-42-71(91)112)44-132-45-72(113)98-63(33-49-24-26-54(111)27-25-49)84(127)106(5)48(4)76(119)103-65(38-74(116)117)87(130)109-32-16-23-68(109)82(125)102-62(37-53-41-92-46-96-53)80(123)100-60(28-29-73(114)115)86(129)110-43-52(89)36-70(110)83(126)101-61(34-50-39-93-57-19-14-12-17-55(50)57)79(122)99-59(30-31-90)78(121)104-64(35-51-40-94-58-20-15-13-18-56(51)58)85(128)108(7)69(22-11-9-2)88(131)107(67)6/h12-15,17-20,24-27,39-41,46-48,52,59-70,93-94,111H,8-11,16,21-23,28-38,42-45,90H2,1-7H3,(H2,91,112)(H,92,96)(H,95,120)(H,97,124)(H,98,113)(H,99,122)(H,100,123)(H,101,126)(H,102,125)(H,103,119)(H,104,121)(H,105,118)(H,114,115)(H,116,117)/t47-,48-,52+,59-,60-,61-,62-,63-,64-,65-,66-,67-,68-,69-,70-/m0/s1. The van der Waals surface area contributed by atoms with E-state index in [0.717, 1.165) is 36.3 Å². The Bertz CT molecular complexity index is 5150. The number of para-hydroxylation sites is 2. The number of aromatic amines is 3. The van der Waals surface area contributed by atoms with E-state index in [2.05, 4.69) is 73.1 Å². The summed E-state index contributed by atoms with van der Waals surface area (Å²) in [6, 6.07) is -3.10. The number of phenols is 1. The molecule has 0 bridgehead atoms. The second-order valence-corrected chi connectivity index (χ2v) is 34.2. The number of halogens is 1. The average molecular weight is 1860 g/mol. The number of thioether (sulfide) groups is 1. The van der Waals surface area contributed by atoms with E-state index in [-0.39, 0.29) is 75.9 Å². The van der Waals surface area contributed by atoms with Crippen LogP contribution in [0, 0.1) is 0 Å². The molecule has 6 heterocycles. The number of carboxylic acids is 2. The van der Waals surface area contributed by atoms with Gasteiger partial charge in [-0.2, -0.15) is 0 Å². The number of hydrogen-bond acceptors (Lipinski definition) is 22. The van der Waals surface area contributed by atoms with Gasteiger partial charge in [-0.15, -0.1) is 11.8 Å². The Kier molecular flexibility index (Phi) is 37.4. The summed E-state index contributed by atoms with van der Waals surface area (Å²) >= 11 is 0.760. The molecule has 0 saturated carbocycles. The van der Waals surface area contributed by atoms with Crippen molar-refractivity contribution in [2.75, 3.05) is 58.8 Å². The molecule has 3 fully saturated rings. The van der Waals surface area contributed by atoms with Gasteiger partial charge in [0, 0.05) is 112 Å². The third kappa shape index (κ3) is 27.8. The lowest BCUT2D eigenvalue weighted by molar-refractivity contribution is -0.149. The molecule has 714 valence electrons. The first-order chi connectivity index (χ1) is 62.9. The van der Waals surface area contributed by atoms with E-state index in [1.807, 2.05) is 13.8 Å². The van der Waals surface area contributed by atoms with Crippen molar-refractivity contribution in [2.24, 2.45) is 11.5 Å². The summed E-state index contributed by atoms with van der Waals surface area (Å²) in [5.41, 5.74) is 14.3. The number of carbonyl (C=O) groups is 18. The summed E-state index contributed by atoms with van der Waals surface area (Å²) in [5.74, 6) is -20.0. The molecule has 132 heavy (non-hydrogen) atoms. The lowest BCUT2D eigenvalue weighted by Crippen LogP contribution is -2.61. The Balaban J connectivity index is 1.09. The minimum absolute atomic E-state index is 0.0125. The second-order valence-electron chi connectivity index (χ2n) is 33.2. The smallest absolute Gasteiger partial charge is 0.305 e. The fourth-order valence-corrected chi connectivity index (χ4v) is 17.0. The van der Waals surface area contributed by atoms with Crippen LogP contribution in [0.2, 0.25) is 0 Å². The van der Waals surface area contributed by atoms with Crippen LogP contribution < -0.4 is 64.6 Å². The number of H-pyrrole nitrogens is 3. The van der Waals surface area contributed by atoms with Crippen molar-refractivity contribution < 1.29 is 106 Å². The van der Waals surface area contributed by atoms with Crippen LogP contribution in [0.25, 0.3) is 21.8 Å². The molecular formula is C88H118FN21O21S. The van der Waals surface area contributed by atoms with Crippen molar-refractivity contribution in [3.05, 3.63) is 120 Å². The number of phenolic OH excluding ortho intramolecular Hbond substituents is 1. The molecule has 0 spiro atoms. The summed E-state index contributed by atoms with van der Waals surface area (Å²) in [4.78, 5) is 278. The number of aromatic nitrogens is 4. The van der Waals surface area contributed by atoms with Crippen LogP contribution in [-0.2, 0) is 112 Å². The minimum Gasteiger partial charge on any atom is -0.508 e. The zero-order valence-corrected chi connectivity index (χ0v) is 75.3. The van der Waals surface area contributed by atoms with Crippen LogP contribution in [0.3, 0.4) is 0 Å². The lowest BCUT2D eigenvalue weighted by Gasteiger charge is -2.36. The van der Waals surface area contributed by atoms with Crippen molar-refractivity contribution in [1.82, 2.24) is 97.6 Å². The number of carbonyl (C=O) groups excluding carboxylic acids is 16. The van der Waals surface area contributed by atoms with E-state index < -0.39 is 254 Å². The second kappa shape index (κ2) is 48.4. The molecular weight excluding hydrogens is 1740 g/mol. The summed E-state index contributed by atoms with van der Waals surface area (Å²) in [6.45, 7) is 4.18. The Morgan fingerprint density at radius 2 is 1.09 bits per heavy atom. The van der Waals surface area contributed by atoms with Crippen LogP contribution >= 0.6 is 11.8 Å². The van der Waals surface area contributed by atoms with E-state index in [1.165, 1.54) is 71.8 Å². The predicted octanol–water partition coefficient (Wildman–Crippen LogP) is -1.42. The normalized spacial score (nSPS) is 25.0. The molecule has 0 unspecified atom stereocenters. The third-order valence-electron chi connectivity index (χ3n) is 23.6. The van der Waals surface area contributed by atoms with Gasteiger partial charge in [0.2, 0.25) is 94.5 Å². The van der Waals surface area contributed by atoms with Gasteiger partial charge in [0.05, 0.1) is 37.3 Å². The lowest BCUT2D eigenvalue weighted by atomic mass is 10.00. The molecule has 3 saturated heterocycles. The largest absolute Gasteiger partial charge is 0.508 e.